The van der Waals surface area contributed by atoms with Crippen molar-refractivity contribution in [1.82, 2.24) is 24.6 Å². The van der Waals surface area contributed by atoms with Crippen LogP contribution in [-0.2, 0) is 48.7 Å². The summed E-state index contributed by atoms with van der Waals surface area (Å²) in [5.74, 6) is -0.624. The van der Waals surface area contributed by atoms with Gasteiger partial charge in [-0.1, -0.05) is 60.7 Å². The molecule has 0 aliphatic carbocycles. The number of carbonyl (C=O) groups is 2. The molecule has 3 heterocycles. The number of carbonyl (C=O) groups excluding carboxylic acids is 2. The first-order chi connectivity index (χ1) is 23.2. The van der Waals surface area contributed by atoms with E-state index in [1.165, 1.54) is 29.8 Å². The number of halogens is 3. The second kappa shape index (κ2) is 14.1. The fourth-order valence-electron chi connectivity index (χ4n) is 5.96. The van der Waals surface area contributed by atoms with E-state index >= 15 is 0 Å². The number of pyridine rings is 1. The van der Waals surface area contributed by atoms with Crippen LogP contribution in [0.1, 0.15) is 33.5 Å². The Hall–Kier alpha value is -5.51. The summed E-state index contributed by atoms with van der Waals surface area (Å²) in [5, 5.41) is 4.29. The van der Waals surface area contributed by atoms with Crippen molar-refractivity contribution < 1.29 is 22.8 Å². The predicted molar refractivity (Wildman–Crippen MR) is 177 cm³/mol. The van der Waals surface area contributed by atoms with Gasteiger partial charge in [0.05, 0.1) is 5.56 Å². The van der Waals surface area contributed by atoms with Gasteiger partial charge in [-0.25, -0.2) is 0 Å². The molecule has 1 aliphatic heterocycles. The molecule has 48 heavy (non-hydrogen) atoms. The molecule has 3 aromatic carbocycles. The number of nitrogens with zero attached hydrogens (tertiary/aromatic N) is 5. The monoisotopic (exact) mass is 649 g/mol. The SMILES string of the molecule is Cn1nccc1C[C@@H](C(=O)N1CCc2ccccc2C1)N(Cc1ccc(-c2ccncc2)cc1)C(=O)C=Cc1ccc(C(F)(F)F)cc1. The van der Waals surface area contributed by atoms with Gasteiger partial charge >= 0.3 is 6.18 Å². The highest BCUT2D eigenvalue weighted by Crippen LogP contribution is 2.29. The molecule has 0 radical (unpaired) electrons. The molecule has 1 aliphatic rings. The molecule has 0 N–H and O–H groups in total. The molecule has 0 fully saturated rings. The van der Waals surface area contributed by atoms with E-state index in [-0.39, 0.29) is 18.9 Å². The van der Waals surface area contributed by atoms with Crippen molar-refractivity contribution in [2.75, 3.05) is 6.54 Å². The standard InChI is InChI=1S/C38H34F3N5O2/c1-44-34(18-22-43-44)24-35(37(48)45-23-19-29-4-2-3-5-32(29)26-45)46(25-28-6-11-30(12-7-28)31-16-20-42-21-17-31)36(47)15-10-27-8-13-33(14-9-27)38(39,40)41/h2-18,20-22,35H,19,23-26H2,1H3/t35-/m0/s1. The lowest BCUT2D eigenvalue weighted by Gasteiger charge is -2.36. The van der Waals surface area contributed by atoms with Crippen LogP contribution in [0, 0.1) is 0 Å². The van der Waals surface area contributed by atoms with Gasteiger partial charge in [-0.2, -0.15) is 18.3 Å². The van der Waals surface area contributed by atoms with Crippen LogP contribution in [0.15, 0.2) is 116 Å². The van der Waals surface area contributed by atoms with Crippen molar-refractivity contribution in [3.8, 4) is 11.1 Å². The van der Waals surface area contributed by atoms with Crippen LogP contribution >= 0.6 is 0 Å². The minimum absolute atomic E-state index is 0.130. The van der Waals surface area contributed by atoms with E-state index in [0.717, 1.165) is 40.1 Å². The van der Waals surface area contributed by atoms with Gasteiger partial charge in [-0.15, -0.1) is 0 Å². The maximum Gasteiger partial charge on any atom is 0.416 e. The van der Waals surface area contributed by atoms with E-state index in [9.17, 15) is 22.8 Å². The third-order valence-electron chi connectivity index (χ3n) is 8.69. The van der Waals surface area contributed by atoms with Crippen LogP contribution in [0.5, 0.6) is 0 Å². The van der Waals surface area contributed by atoms with Gasteiger partial charge in [0, 0.05) is 63.5 Å². The molecular formula is C38H34F3N5O2. The second-order valence-corrected chi connectivity index (χ2v) is 11.8. The zero-order valence-corrected chi connectivity index (χ0v) is 26.3. The van der Waals surface area contributed by atoms with Crippen LogP contribution in [0.3, 0.4) is 0 Å². The maximum atomic E-state index is 14.5. The number of aryl methyl sites for hydroxylation is 1. The van der Waals surface area contributed by atoms with E-state index in [0.29, 0.717) is 25.1 Å². The maximum absolute atomic E-state index is 14.5. The van der Waals surface area contributed by atoms with Crippen LogP contribution in [-0.4, -0.2) is 49.0 Å². The smallest absolute Gasteiger partial charge is 0.336 e. The third kappa shape index (κ3) is 7.54. The molecule has 7 nitrogen and oxygen atoms in total. The summed E-state index contributed by atoms with van der Waals surface area (Å²) in [4.78, 5) is 36.1. The normalized spacial score (nSPS) is 13.7. The summed E-state index contributed by atoms with van der Waals surface area (Å²) < 4.78 is 41.1. The summed E-state index contributed by atoms with van der Waals surface area (Å²) >= 11 is 0. The van der Waals surface area contributed by atoms with Crippen molar-refractivity contribution in [2.45, 2.75) is 38.1 Å². The van der Waals surface area contributed by atoms with Gasteiger partial charge < -0.3 is 9.80 Å². The zero-order valence-electron chi connectivity index (χ0n) is 26.3. The number of hydrogen-bond acceptors (Lipinski definition) is 4. The average molecular weight is 650 g/mol. The number of hydrogen-bond donors (Lipinski definition) is 0. The Balaban J connectivity index is 1.34. The highest BCUT2D eigenvalue weighted by Gasteiger charge is 2.35. The van der Waals surface area contributed by atoms with E-state index in [1.807, 2.05) is 60.7 Å². The molecule has 5 aromatic rings. The van der Waals surface area contributed by atoms with Gasteiger partial charge in [0.2, 0.25) is 11.8 Å². The molecule has 0 saturated heterocycles. The number of alkyl halides is 3. The van der Waals surface area contributed by atoms with E-state index in [1.54, 1.807) is 40.1 Å². The average Bonchev–Trinajstić information content (AvgIpc) is 3.52. The fraction of sp³-hybridized carbons (Fsp3) is 0.211. The summed E-state index contributed by atoms with van der Waals surface area (Å²) in [5.41, 5.74) is 5.51. The first kappa shape index (κ1) is 32.4. The fourth-order valence-corrected chi connectivity index (χ4v) is 5.96. The van der Waals surface area contributed by atoms with Crippen molar-refractivity contribution in [2.24, 2.45) is 7.05 Å². The predicted octanol–water partition coefficient (Wildman–Crippen LogP) is 6.74. The molecule has 0 bridgehead atoms. The van der Waals surface area contributed by atoms with Gasteiger partial charge in [0.15, 0.2) is 0 Å². The Kier molecular flexibility index (Phi) is 9.52. The number of amides is 2. The molecule has 6 rings (SSSR count). The molecule has 2 aromatic heterocycles. The van der Waals surface area contributed by atoms with Crippen molar-refractivity contribution >= 4 is 17.9 Å². The molecule has 0 unspecified atom stereocenters. The number of benzene rings is 3. The Labute approximate surface area is 277 Å². The minimum Gasteiger partial charge on any atom is -0.336 e. The minimum atomic E-state index is -4.46. The Morgan fingerprint density at radius 1 is 0.875 bits per heavy atom. The highest BCUT2D eigenvalue weighted by atomic mass is 19.4. The van der Waals surface area contributed by atoms with Crippen LogP contribution in [0.4, 0.5) is 13.2 Å². The number of fused-ring (bicyclic) bond motifs is 1. The first-order valence-electron chi connectivity index (χ1n) is 15.6. The quantitative estimate of drug-likeness (QED) is 0.166. The molecule has 244 valence electrons. The van der Waals surface area contributed by atoms with Crippen LogP contribution in [0.2, 0.25) is 0 Å². The van der Waals surface area contributed by atoms with Crippen molar-refractivity contribution in [3.05, 3.63) is 149 Å². The number of aromatic nitrogens is 3. The van der Waals surface area contributed by atoms with E-state index < -0.39 is 23.7 Å². The summed E-state index contributed by atoms with van der Waals surface area (Å²) in [6.07, 6.45) is 4.37. The molecular weight excluding hydrogens is 615 g/mol. The molecule has 10 heteroatoms. The lowest BCUT2D eigenvalue weighted by atomic mass is 9.98. The van der Waals surface area contributed by atoms with E-state index in [4.69, 9.17) is 0 Å². The first-order valence-corrected chi connectivity index (χ1v) is 15.6. The Bertz CT molecular complexity index is 1900. The lowest BCUT2D eigenvalue weighted by Crippen LogP contribution is -2.52. The lowest BCUT2D eigenvalue weighted by molar-refractivity contribution is -0.144. The molecule has 1 atom stereocenters. The summed E-state index contributed by atoms with van der Waals surface area (Å²) in [6.45, 7) is 1.08. The highest BCUT2D eigenvalue weighted by molar-refractivity contribution is 5.96. The van der Waals surface area contributed by atoms with Crippen LogP contribution < -0.4 is 0 Å². The molecule has 0 saturated carbocycles. The largest absolute Gasteiger partial charge is 0.416 e. The van der Waals surface area contributed by atoms with Crippen LogP contribution in [0.25, 0.3) is 17.2 Å². The van der Waals surface area contributed by atoms with E-state index in [2.05, 4.69) is 16.1 Å². The third-order valence-corrected chi connectivity index (χ3v) is 8.69. The van der Waals surface area contributed by atoms with Gasteiger partial charge in [-0.05, 0) is 76.2 Å². The zero-order chi connectivity index (χ0) is 33.7. The Morgan fingerprint density at radius 2 is 1.56 bits per heavy atom. The topological polar surface area (TPSA) is 71.3 Å². The summed E-state index contributed by atoms with van der Waals surface area (Å²) in [6, 6.07) is 25.2. The molecule has 0 spiro atoms. The Morgan fingerprint density at radius 3 is 2.23 bits per heavy atom. The number of rotatable bonds is 9. The molecule has 2 amide bonds. The second-order valence-electron chi connectivity index (χ2n) is 11.8. The van der Waals surface area contributed by atoms with Gasteiger partial charge in [0.1, 0.15) is 6.04 Å². The summed E-state index contributed by atoms with van der Waals surface area (Å²) in [7, 11) is 1.79. The van der Waals surface area contributed by atoms with Gasteiger partial charge in [-0.3, -0.25) is 19.3 Å². The van der Waals surface area contributed by atoms with Crippen molar-refractivity contribution in [3.63, 3.8) is 0 Å². The van der Waals surface area contributed by atoms with Crippen molar-refractivity contribution in [1.29, 1.82) is 0 Å². The van der Waals surface area contributed by atoms with Gasteiger partial charge in [0.25, 0.3) is 0 Å².